The number of nitro groups is 1. The normalized spacial score (nSPS) is 15.4. The molecule has 9 heteroatoms. The summed E-state index contributed by atoms with van der Waals surface area (Å²) in [7, 11) is 0. The third kappa shape index (κ3) is 3.86. The van der Waals surface area contributed by atoms with Crippen molar-refractivity contribution in [1.82, 2.24) is 14.7 Å². The van der Waals surface area contributed by atoms with E-state index in [4.69, 9.17) is 9.47 Å². The zero-order valence-corrected chi connectivity index (χ0v) is 15.5. The Labute approximate surface area is 156 Å². The van der Waals surface area contributed by atoms with E-state index in [0.29, 0.717) is 42.6 Å². The number of aromatic nitrogens is 2. The van der Waals surface area contributed by atoms with E-state index < -0.39 is 4.92 Å². The van der Waals surface area contributed by atoms with Gasteiger partial charge in [-0.2, -0.15) is 5.10 Å². The number of carbonyl (C=O) groups is 1. The van der Waals surface area contributed by atoms with Gasteiger partial charge >= 0.3 is 5.69 Å². The number of hydrogen-bond acceptors (Lipinski definition) is 6. The summed E-state index contributed by atoms with van der Waals surface area (Å²) in [6, 6.07) is 7.40. The van der Waals surface area contributed by atoms with E-state index in [0.717, 1.165) is 0 Å². The first-order chi connectivity index (χ1) is 12.9. The van der Waals surface area contributed by atoms with E-state index in [1.165, 1.54) is 4.68 Å². The van der Waals surface area contributed by atoms with Gasteiger partial charge in [0.2, 0.25) is 5.91 Å². The molecule has 3 rings (SSSR count). The van der Waals surface area contributed by atoms with Gasteiger partial charge in [-0.05, 0) is 32.9 Å². The number of fused-ring (bicyclic) bond motifs is 1. The molecule has 144 valence electrons. The van der Waals surface area contributed by atoms with E-state index in [-0.39, 0.29) is 24.2 Å². The number of ether oxygens (including phenoxy) is 2. The van der Waals surface area contributed by atoms with Crippen LogP contribution in [0.25, 0.3) is 0 Å². The third-order valence-corrected chi connectivity index (χ3v) is 4.54. The van der Waals surface area contributed by atoms with E-state index in [1.54, 1.807) is 18.7 Å². The number of aryl methyl sites for hydroxylation is 1. The van der Waals surface area contributed by atoms with Crippen LogP contribution in [0.2, 0.25) is 0 Å². The monoisotopic (exact) mass is 374 g/mol. The van der Waals surface area contributed by atoms with Crippen molar-refractivity contribution < 1.29 is 19.2 Å². The lowest BCUT2D eigenvalue weighted by Gasteiger charge is -2.31. The van der Waals surface area contributed by atoms with Crippen molar-refractivity contribution in [2.75, 3.05) is 19.7 Å². The Bertz CT molecular complexity index is 863. The number of benzene rings is 1. The Hall–Kier alpha value is -3.10. The number of likely N-dealkylation sites (N-methyl/N-ethyl adjacent to an activating group) is 1. The fraction of sp³-hybridized carbons (Fsp3) is 0.444. The summed E-state index contributed by atoms with van der Waals surface area (Å²) in [5.74, 6) is 1.17. The standard InChI is InChI=1S/C18H22N4O5/c1-4-20(9-14-11-26-15-7-5-6-8-16(15)27-14)17(23)10-21-13(3)18(22(24)25)12(2)19-21/h5-8,14H,4,9-11H2,1-3H3/t14-/m1/s1. The molecule has 0 bridgehead atoms. The van der Waals surface area contributed by atoms with Crippen LogP contribution in [0.4, 0.5) is 5.69 Å². The second kappa shape index (κ2) is 7.65. The van der Waals surface area contributed by atoms with Gasteiger partial charge in [0, 0.05) is 6.54 Å². The number of carbonyl (C=O) groups excluding carboxylic acids is 1. The van der Waals surface area contributed by atoms with Crippen molar-refractivity contribution >= 4 is 11.6 Å². The SMILES string of the molecule is CCN(C[C@@H]1COc2ccccc2O1)C(=O)Cn1nc(C)c([N+](=O)[O-])c1C. The molecule has 0 spiro atoms. The van der Waals surface area contributed by atoms with Crippen LogP contribution in [0.3, 0.4) is 0 Å². The van der Waals surface area contributed by atoms with Gasteiger partial charge in [-0.15, -0.1) is 0 Å². The van der Waals surface area contributed by atoms with Gasteiger partial charge < -0.3 is 14.4 Å². The fourth-order valence-electron chi connectivity index (χ4n) is 3.14. The molecule has 1 aromatic heterocycles. The molecule has 0 fully saturated rings. The predicted octanol–water partition coefficient (Wildman–Crippen LogP) is 2.10. The molecular weight excluding hydrogens is 352 g/mol. The molecular formula is C18H22N4O5. The molecule has 0 radical (unpaired) electrons. The molecule has 0 saturated carbocycles. The topological polar surface area (TPSA) is 99.7 Å². The van der Waals surface area contributed by atoms with Crippen molar-refractivity contribution in [3.8, 4) is 11.5 Å². The van der Waals surface area contributed by atoms with E-state index >= 15 is 0 Å². The van der Waals surface area contributed by atoms with Crippen molar-refractivity contribution in [2.24, 2.45) is 0 Å². The van der Waals surface area contributed by atoms with Gasteiger partial charge in [-0.1, -0.05) is 12.1 Å². The lowest BCUT2D eigenvalue weighted by atomic mass is 10.2. The van der Waals surface area contributed by atoms with Crippen LogP contribution in [0.1, 0.15) is 18.3 Å². The van der Waals surface area contributed by atoms with E-state index in [2.05, 4.69) is 5.10 Å². The highest BCUT2D eigenvalue weighted by atomic mass is 16.6. The number of nitrogens with zero attached hydrogens (tertiary/aromatic N) is 4. The summed E-state index contributed by atoms with van der Waals surface area (Å²) >= 11 is 0. The minimum atomic E-state index is -0.471. The molecule has 9 nitrogen and oxygen atoms in total. The minimum absolute atomic E-state index is 0.0496. The third-order valence-electron chi connectivity index (χ3n) is 4.54. The van der Waals surface area contributed by atoms with Gasteiger partial charge in [-0.3, -0.25) is 19.6 Å². The minimum Gasteiger partial charge on any atom is -0.486 e. The predicted molar refractivity (Wildman–Crippen MR) is 97.0 cm³/mol. The second-order valence-corrected chi connectivity index (χ2v) is 6.36. The second-order valence-electron chi connectivity index (χ2n) is 6.36. The van der Waals surface area contributed by atoms with E-state index in [1.807, 2.05) is 31.2 Å². The maximum absolute atomic E-state index is 12.7. The number of para-hydroxylation sites is 2. The molecule has 1 aliphatic heterocycles. The quantitative estimate of drug-likeness (QED) is 0.567. The van der Waals surface area contributed by atoms with Crippen LogP contribution in [-0.2, 0) is 11.3 Å². The van der Waals surface area contributed by atoms with Crippen molar-refractivity contribution in [3.05, 3.63) is 45.8 Å². The molecule has 2 heterocycles. The Balaban J connectivity index is 1.67. The van der Waals surface area contributed by atoms with Crippen LogP contribution >= 0.6 is 0 Å². The smallest absolute Gasteiger partial charge is 0.312 e. The number of amides is 1. The molecule has 0 unspecified atom stereocenters. The molecule has 2 aromatic rings. The molecule has 27 heavy (non-hydrogen) atoms. The van der Waals surface area contributed by atoms with Crippen molar-refractivity contribution in [1.29, 1.82) is 0 Å². The van der Waals surface area contributed by atoms with Gasteiger partial charge in [-0.25, -0.2) is 0 Å². The first-order valence-electron chi connectivity index (χ1n) is 8.75. The maximum atomic E-state index is 12.7. The summed E-state index contributed by atoms with van der Waals surface area (Å²) in [5, 5.41) is 15.3. The van der Waals surface area contributed by atoms with Crippen LogP contribution < -0.4 is 9.47 Å². The summed E-state index contributed by atoms with van der Waals surface area (Å²) in [4.78, 5) is 25.0. The highest BCUT2D eigenvalue weighted by Crippen LogP contribution is 2.31. The average molecular weight is 374 g/mol. The Morgan fingerprint density at radius 1 is 1.37 bits per heavy atom. The zero-order valence-electron chi connectivity index (χ0n) is 15.5. The average Bonchev–Trinajstić information content (AvgIpc) is 2.92. The molecule has 1 aromatic carbocycles. The van der Waals surface area contributed by atoms with E-state index in [9.17, 15) is 14.9 Å². The van der Waals surface area contributed by atoms with Crippen molar-refractivity contribution in [3.63, 3.8) is 0 Å². The first-order valence-corrected chi connectivity index (χ1v) is 8.75. The maximum Gasteiger partial charge on any atom is 0.312 e. The molecule has 1 atom stereocenters. The van der Waals surface area contributed by atoms with Gasteiger partial charge in [0.05, 0.1) is 11.5 Å². The number of hydrogen-bond donors (Lipinski definition) is 0. The lowest BCUT2D eigenvalue weighted by molar-refractivity contribution is -0.386. The molecule has 0 saturated heterocycles. The van der Waals surface area contributed by atoms with Gasteiger partial charge in [0.1, 0.15) is 24.5 Å². The molecule has 1 amide bonds. The zero-order chi connectivity index (χ0) is 19.6. The summed E-state index contributed by atoms with van der Waals surface area (Å²) in [5.41, 5.74) is 0.619. The van der Waals surface area contributed by atoms with Gasteiger partial charge in [0.15, 0.2) is 17.6 Å². The van der Waals surface area contributed by atoms with Crippen LogP contribution in [0, 0.1) is 24.0 Å². The summed E-state index contributed by atoms with van der Waals surface area (Å²) in [6.45, 7) is 6.18. The largest absolute Gasteiger partial charge is 0.486 e. The Morgan fingerprint density at radius 2 is 2.07 bits per heavy atom. The lowest BCUT2D eigenvalue weighted by Crippen LogP contribution is -2.44. The molecule has 0 N–H and O–H groups in total. The highest BCUT2D eigenvalue weighted by molar-refractivity contribution is 5.76. The van der Waals surface area contributed by atoms with Crippen LogP contribution in [0.15, 0.2) is 24.3 Å². The van der Waals surface area contributed by atoms with Crippen LogP contribution in [-0.4, -0.2) is 51.3 Å². The fourth-order valence-corrected chi connectivity index (χ4v) is 3.14. The summed E-state index contributed by atoms with van der Waals surface area (Å²) < 4.78 is 13.0. The molecule has 1 aliphatic rings. The Morgan fingerprint density at radius 3 is 2.70 bits per heavy atom. The van der Waals surface area contributed by atoms with Gasteiger partial charge in [0.25, 0.3) is 0 Å². The number of rotatable bonds is 6. The molecule has 0 aliphatic carbocycles. The van der Waals surface area contributed by atoms with Crippen LogP contribution in [0.5, 0.6) is 11.5 Å². The highest BCUT2D eigenvalue weighted by Gasteiger charge is 2.27. The first kappa shape index (κ1) is 18.7. The van der Waals surface area contributed by atoms with Crippen molar-refractivity contribution in [2.45, 2.75) is 33.4 Å². The summed E-state index contributed by atoms with van der Waals surface area (Å²) in [6.07, 6.45) is -0.279. The Kier molecular flexibility index (Phi) is 5.29.